The van der Waals surface area contributed by atoms with Crippen molar-refractivity contribution in [3.8, 4) is 5.75 Å². The lowest BCUT2D eigenvalue weighted by atomic mass is 9.78. The van der Waals surface area contributed by atoms with Crippen molar-refractivity contribution in [2.45, 2.75) is 52.0 Å². The van der Waals surface area contributed by atoms with E-state index in [9.17, 15) is 4.79 Å². The van der Waals surface area contributed by atoms with Gasteiger partial charge in [0.25, 0.3) is 0 Å². The van der Waals surface area contributed by atoms with E-state index in [1.54, 1.807) is 0 Å². The van der Waals surface area contributed by atoms with Crippen LogP contribution in [0.5, 0.6) is 5.75 Å². The van der Waals surface area contributed by atoms with E-state index in [0.717, 1.165) is 46.8 Å². The Kier molecular flexibility index (Phi) is 6.63. The number of ketones is 1. The molecule has 180 valence electrons. The molecule has 0 saturated carbocycles. The van der Waals surface area contributed by atoms with Crippen LogP contribution in [0.1, 0.15) is 62.3 Å². The molecule has 1 aliphatic heterocycles. The van der Waals surface area contributed by atoms with Crippen molar-refractivity contribution in [3.63, 3.8) is 0 Å². The molecule has 1 heterocycles. The lowest BCUT2D eigenvalue weighted by Gasteiger charge is -2.30. The minimum absolute atomic E-state index is 0.140. The number of hydrogen-bond donors (Lipinski definition) is 2. The van der Waals surface area contributed by atoms with Gasteiger partial charge in [0.2, 0.25) is 0 Å². The van der Waals surface area contributed by atoms with E-state index >= 15 is 0 Å². The molecule has 0 radical (unpaired) electrons. The van der Waals surface area contributed by atoms with E-state index < -0.39 is 0 Å². The smallest absolute Gasteiger partial charge is 0.163 e. The number of carbonyl (C=O) groups is 1. The minimum Gasteiger partial charge on any atom is -0.493 e. The molecule has 3 aromatic carbocycles. The summed E-state index contributed by atoms with van der Waals surface area (Å²) in [6, 6.07) is 25.0. The maximum atomic E-state index is 13.7. The fourth-order valence-electron chi connectivity index (χ4n) is 5.02. The second-order valence-corrected chi connectivity index (χ2v) is 10.0. The minimum atomic E-state index is -0.174. The molecule has 2 aliphatic rings. The summed E-state index contributed by atoms with van der Waals surface area (Å²) in [6.07, 6.45) is 2.31. The van der Waals surface area contributed by atoms with Crippen molar-refractivity contribution in [3.05, 3.63) is 101 Å². The number of fused-ring (bicyclic) bond motifs is 1. The summed E-state index contributed by atoms with van der Waals surface area (Å²) in [4.78, 5) is 13.7. The molecule has 0 saturated heterocycles. The van der Waals surface area contributed by atoms with Crippen LogP contribution >= 0.6 is 0 Å². The van der Waals surface area contributed by atoms with Gasteiger partial charge in [-0.05, 0) is 65.6 Å². The molecule has 2 unspecified atom stereocenters. The molecule has 2 atom stereocenters. The molecule has 2 N–H and O–H groups in total. The predicted molar refractivity (Wildman–Crippen MR) is 143 cm³/mol. The van der Waals surface area contributed by atoms with Crippen LogP contribution in [-0.4, -0.2) is 12.4 Å². The van der Waals surface area contributed by atoms with E-state index in [1.807, 2.05) is 24.3 Å². The zero-order valence-corrected chi connectivity index (χ0v) is 20.8. The van der Waals surface area contributed by atoms with Gasteiger partial charge in [-0.25, -0.2) is 0 Å². The highest BCUT2D eigenvalue weighted by Gasteiger charge is 2.36. The Balaban J connectivity index is 1.47. The van der Waals surface area contributed by atoms with E-state index in [0.29, 0.717) is 18.9 Å². The number of benzene rings is 3. The summed E-state index contributed by atoms with van der Waals surface area (Å²) >= 11 is 0. The average molecular weight is 467 g/mol. The second kappa shape index (κ2) is 9.99. The summed E-state index contributed by atoms with van der Waals surface area (Å²) < 4.78 is 5.85. The second-order valence-electron chi connectivity index (χ2n) is 10.0. The number of para-hydroxylation sites is 2. The Morgan fingerprint density at radius 2 is 1.57 bits per heavy atom. The van der Waals surface area contributed by atoms with Crippen LogP contribution in [0.2, 0.25) is 0 Å². The summed E-state index contributed by atoms with van der Waals surface area (Å²) in [7, 11) is 0. The largest absolute Gasteiger partial charge is 0.493 e. The van der Waals surface area contributed by atoms with E-state index in [-0.39, 0.29) is 17.7 Å². The highest BCUT2D eigenvalue weighted by Crippen LogP contribution is 2.44. The van der Waals surface area contributed by atoms with Gasteiger partial charge in [0.1, 0.15) is 5.75 Å². The number of carbonyl (C=O) groups excluding carboxylic acids is 1. The van der Waals surface area contributed by atoms with E-state index in [2.05, 4.69) is 79.9 Å². The number of Topliss-reactive ketones (excluding diaryl/α,β-unsaturated/α-hetero) is 1. The lowest BCUT2D eigenvalue weighted by molar-refractivity contribution is -0.116. The van der Waals surface area contributed by atoms with Crippen LogP contribution in [-0.2, 0) is 11.2 Å². The normalized spacial score (nSPS) is 19.4. The molecule has 0 fully saturated rings. The van der Waals surface area contributed by atoms with Gasteiger partial charge in [-0.1, -0.05) is 69.3 Å². The first-order valence-electron chi connectivity index (χ1n) is 12.7. The number of rotatable bonds is 6. The molecule has 4 nitrogen and oxygen atoms in total. The monoisotopic (exact) mass is 466 g/mol. The highest BCUT2D eigenvalue weighted by molar-refractivity contribution is 6.01. The van der Waals surface area contributed by atoms with Crippen molar-refractivity contribution in [1.29, 1.82) is 0 Å². The number of nitrogens with one attached hydrogen (secondary N) is 2. The van der Waals surface area contributed by atoms with Gasteiger partial charge in [-0.3, -0.25) is 4.79 Å². The third-order valence-electron chi connectivity index (χ3n) is 6.97. The molecule has 1 aliphatic carbocycles. The summed E-state index contributed by atoms with van der Waals surface area (Å²) in [6.45, 7) is 7.15. The Hall–Kier alpha value is -3.53. The van der Waals surface area contributed by atoms with Crippen molar-refractivity contribution in [2.24, 2.45) is 5.92 Å². The van der Waals surface area contributed by atoms with E-state index in [4.69, 9.17) is 4.74 Å². The van der Waals surface area contributed by atoms with Crippen LogP contribution < -0.4 is 15.4 Å². The summed E-state index contributed by atoms with van der Waals surface area (Å²) in [5.41, 5.74) is 7.50. The number of ether oxygens (including phenoxy) is 1. The first-order chi connectivity index (χ1) is 17.0. The quantitative estimate of drug-likeness (QED) is 0.401. The highest BCUT2D eigenvalue weighted by atomic mass is 16.5. The molecular formula is C31H34N2O2. The SMILES string of the molecule is CCc1ccc(C2Nc3ccccc3NC3=C2C(=O)CC(c2ccc(OCC(C)C)cc2)C3)cc1. The predicted octanol–water partition coefficient (Wildman–Crippen LogP) is 7.26. The Morgan fingerprint density at radius 3 is 2.26 bits per heavy atom. The molecule has 3 aromatic rings. The van der Waals surface area contributed by atoms with Gasteiger partial charge in [0, 0.05) is 17.7 Å². The molecule has 5 rings (SSSR count). The van der Waals surface area contributed by atoms with E-state index in [1.165, 1.54) is 11.1 Å². The van der Waals surface area contributed by atoms with Gasteiger partial charge >= 0.3 is 0 Å². The first-order valence-corrected chi connectivity index (χ1v) is 12.7. The van der Waals surface area contributed by atoms with Crippen molar-refractivity contribution in [1.82, 2.24) is 0 Å². The molecule has 35 heavy (non-hydrogen) atoms. The number of hydrogen-bond acceptors (Lipinski definition) is 4. The number of allylic oxidation sites excluding steroid dienone is 1. The van der Waals surface area contributed by atoms with Gasteiger partial charge in [0.05, 0.1) is 24.0 Å². The molecule has 0 amide bonds. The van der Waals surface area contributed by atoms with Crippen LogP contribution in [0.15, 0.2) is 84.1 Å². The first kappa shape index (κ1) is 23.2. The van der Waals surface area contributed by atoms with Crippen molar-refractivity contribution >= 4 is 17.2 Å². The Morgan fingerprint density at radius 1 is 0.886 bits per heavy atom. The molecule has 0 bridgehead atoms. The number of anilines is 2. The van der Waals surface area contributed by atoms with Crippen LogP contribution in [0, 0.1) is 5.92 Å². The van der Waals surface area contributed by atoms with Gasteiger partial charge in [-0.2, -0.15) is 0 Å². The zero-order valence-electron chi connectivity index (χ0n) is 20.8. The van der Waals surface area contributed by atoms with Gasteiger partial charge in [-0.15, -0.1) is 0 Å². The van der Waals surface area contributed by atoms with Gasteiger partial charge < -0.3 is 15.4 Å². The fraction of sp³-hybridized carbons (Fsp3) is 0.323. The topological polar surface area (TPSA) is 50.4 Å². The Labute approximate surface area is 208 Å². The maximum absolute atomic E-state index is 13.7. The fourth-order valence-corrected chi connectivity index (χ4v) is 5.02. The van der Waals surface area contributed by atoms with Crippen LogP contribution in [0.4, 0.5) is 11.4 Å². The standard InChI is InChI=1S/C31H34N2O2/c1-4-21-9-11-23(12-10-21)31-30-28(32-26-7-5-6-8-27(26)33-31)17-24(18-29(30)34)22-13-15-25(16-14-22)35-19-20(2)3/h5-16,20,24,31-33H,4,17-19H2,1-3H3. The van der Waals surface area contributed by atoms with Crippen LogP contribution in [0.25, 0.3) is 0 Å². The van der Waals surface area contributed by atoms with Crippen LogP contribution in [0.3, 0.4) is 0 Å². The zero-order chi connectivity index (χ0) is 24.4. The molecule has 4 heteroatoms. The third kappa shape index (κ3) is 4.97. The van der Waals surface area contributed by atoms with Gasteiger partial charge in [0.15, 0.2) is 5.78 Å². The Bertz CT molecular complexity index is 1230. The molecule has 0 spiro atoms. The lowest BCUT2D eigenvalue weighted by Crippen LogP contribution is -2.26. The van der Waals surface area contributed by atoms with Crippen molar-refractivity contribution < 1.29 is 9.53 Å². The third-order valence-corrected chi connectivity index (χ3v) is 6.97. The summed E-state index contributed by atoms with van der Waals surface area (Å²) in [5, 5.41) is 7.30. The van der Waals surface area contributed by atoms with Crippen molar-refractivity contribution in [2.75, 3.05) is 17.2 Å². The summed E-state index contributed by atoms with van der Waals surface area (Å²) in [5.74, 6) is 1.71. The number of aryl methyl sites for hydroxylation is 1. The maximum Gasteiger partial charge on any atom is 0.163 e. The molecule has 0 aromatic heterocycles. The average Bonchev–Trinajstić information content (AvgIpc) is 3.05. The molecular weight excluding hydrogens is 432 g/mol.